The molecule has 114 valence electrons. The Morgan fingerprint density at radius 2 is 1.48 bits per heavy atom. The Labute approximate surface area is 147 Å². The van der Waals surface area contributed by atoms with Gasteiger partial charge in [-0.3, -0.25) is 9.59 Å². The van der Waals surface area contributed by atoms with Gasteiger partial charge in [-0.1, -0.05) is 34.8 Å². The first-order valence-electron chi connectivity index (χ1n) is 6.68. The number of hydrogen-bond acceptors (Lipinski definition) is 2. The average molecular weight is 364 g/mol. The van der Waals surface area contributed by atoms with Gasteiger partial charge in [0.25, 0.3) is 0 Å². The molecule has 0 saturated heterocycles. The fourth-order valence-corrected chi connectivity index (χ4v) is 3.08. The Morgan fingerprint density at radius 1 is 0.783 bits per heavy atom. The van der Waals surface area contributed by atoms with E-state index in [-0.39, 0.29) is 5.78 Å². The van der Waals surface area contributed by atoms with E-state index in [9.17, 15) is 9.59 Å². The standard InChI is InChI=1S/C18H9Cl3O2/c19-13-3-1-10(2-4-13)18(23)11-5-12(9-22)15-7-14(20)8-17(21)16(15)6-11/h1-9H. The highest BCUT2D eigenvalue weighted by molar-refractivity contribution is 6.39. The largest absolute Gasteiger partial charge is 0.298 e. The lowest BCUT2D eigenvalue weighted by Gasteiger charge is -2.08. The molecule has 0 bridgehead atoms. The van der Waals surface area contributed by atoms with E-state index in [1.54, 1.807) is 48.5 Å². The first-order valence-corrected chi connectivity index (χ1v) is 7.81. The average Bonchev–Trinajstić information content (AvgIpc) is 2.54. The maximum atomic E-state index is 12.6. The second kappa shape index (κ2) is 6.32. The normalized spacial score (nSPS) is 10.7. The van der Waals surface area contributed by atoms with Crippen molar-refractivity contribution < 1.29 is 9.59 Å². The van der Waals surface area contributed by atoms with Crippen molar-refractivity contribution in [1.82, 2.24) is 0 Å². The number of carbonyl (C=O) groups is 2. The lowest BCUT2D eigenvalue weighted by Crippen LogP contribution is -2.02. The van der Waals surface area contributed by atoms with Crippen LogP contribution in [0.1, 0.15) is 26.3 Å². The van der Waals surface area contributed by atoms with Gasteiger partial charge in [0, 0.05) is 37.1 Å². The van der Waals surface area contributed by atoms with Crippen molar-refractivity contribution in [3.8, 4) is 0 Å². The minimum absolute atomic E-state index is 0.210. The zero-order valence-corrected chi connectivity index (χ0v) is 13.9. The molecule has 0 N–H and O–H groups in total. The third-order valence-electron chi connectivity index (χ3n) is 3.51. The van der Waals surface area contributed by atoms with E-state index < -0.39 is 0 Å². The molecule has 3 aromatic carbocycles. The molecule has 0 unspecified atom stereocenters. The van der Waals surface area contributed by atoms with Crippen molar-refractivity contribution in [1.29, 1.82) is 0 Å². The van der Waals surface area contributed by atoms with Gasteiger partial charge >= 0.3 is 0 Å². The molecule has 0 radical (unpaired) electrons. The highest BCUT2D eigenvalue weighted by Gasteiger charge is 2.14. The van der Waals surface area contributed by atoms with Gasteiger partial charge in [0.15, 0.2) is 12.1 Å². The number of hydrogen-bond donors (Lipinski definition) is 0. The Bertz CT molecular complexity index is 931. The van der Waals surface area contributed by atoms with Crippen LogP contribution in [0.4, 0.5) is 0 Å². The predicted molar refractivity (Wildman–Crippen MR) is 94.2 cm³/mol. The van der Waals surface area contributed by atoms with Crippen LogP contribution in [0.3, 0.4) is 0 Å². The van der Waals surface area contributed by atoms with Crippen molar-refractivity contribution in [2.24, 2.45) is 0 Å². The van der Waals surface area contributed by atoms with Crippen molar-refractivity contribution in [2.45, 2.75) is 0 Å². The van der Waals surface area contributed by atoms with Crippen molar-refractivity contribution in [3.05, 3.63) is 80.3 Å². The zero-order valence-electron chi connectivity index (χ0n) is 11.6. The van der Waals surface area contributed by atoms with E-state index in [4.69, 9.17) is 34.8 Å². The smallest absolute Gasteiger partial charge is 0.193 e. The van der Waals surface area contributed by atoms with Crippen LogP contribution in [-0.4, -0.2) is 12.1 Å². The van der Waals surface area contributed by atoms with Crippen molar-refractivity contribution >= 4 is 57.6 Å². The summed E-state index contributed by atoms with van der Waals surface area (Å²) in [4.78, 5) is 24.0. The molecule has 0 aliphatic rings. The molecule has 5 heteroatoms. The van der Waals surface area contributed by atoms with Gasteiger partial charge in [-0.05, 0) is 53.9 Å². The number of ketones is 1. The molecule has 0 aliphatic heterocycles. The second-order valence-corrected chi connectivity index (χ2v) is 6.28. The molecule has 0 fully saturated rings. The number of carbonyl (C=O) groups excluding carboxylic acids is 2. The summed E-state index contributed by atoms with van der Waals surface area (Å²) in [5, 5.41) is 2.60. The van der Waals surface area contributed by atoms with E-state index in [1.165, 1.54) is 0 Å². The highest BCUT2D eigenvalue weighted by atomic mass is 35.5. The summed E-state index contributed by atoms with van der Waals surface area (Å²) in [6, 6.07) is 13.0. The van der Waals surface area contributed by atoms with Crippen LogP contribution in [0.15, 0.2) is 48.5 Å². The Morgan fingerprint density at radius 3 is 2.13 bits per heavy atom. The molecule has 0 atom stereocenters. The summed E-state index contributed by atoms with van der Waals surface area (Å²) >= 11 is 18.0. The van der Waals surface area contributed by atoms with E-state index in [0.717, 1.165) is 0 Å². The van der Waals surface area contributed by atoms with Gasteiger partial charge in [0.05, 0.1) is 0 Å². The van der Waals surface area contributed by atoms with Gasteiger partial charge in [-0.15, -0.1) is 0 Å². The minimum Gasteiger partial charge on any atom is -0.298 e. The molecule has 0 spiro atoms. The SMILES string of the molecule is O=Cc1cc(C(=O)c2ccc(Cl)cc2)cc2c(Cl)cc(Cl)cc12. The number of fused-ring (bicyclic) bond motifs is 1. The molecule has 0 heterocycles. The van der Waals surface area contributed by atoms with Gasteiger partial charge in [0.2, 0.25) is 0 Å². The molecule has 0 amide bonds. The summed E-state index contributed by atoms with van der Waals surface area (Å²) in [6.07, 6.45) is 0.688. The fraction of sp³-hybridized carbons (Fsp3) is 0. The number of benzene rings is 3. The molecule has 3 aromatic rings. The van der Waals surface area contributed by atoms with Crippen LogP contribution < -0.4 is 0 Å². The number of halogens is 3. The van der Waals surface area contributed by atoms with E-state index in [0.29, 0.717) is 48.8 Å². The predicted octanol–water partition coefficient (Wildman–Crippen LogP) is 5.84. The van der Waals surface area contributed by atoms with Crippen LogP contribution in [-0.2, 0) is 0 Å². The first-order chi connectivity index (χ1) is 11.0. The fourth-order valence-electron chi connectivity index (χ4n) is 2.41. The first kappa shape index (κ1) is 16.0. The van der Waals surface area contributed by atoms with Gasteiger partial charge in [-0.25, -0.2) is 0 Å². The molecular formula is C18H9Cl3O2. The Hall–Kier alpha value is -1.87. The second-order valence-electron chi connectivity index (χ2n) is 5.00. The number of rotatable bonds is 3. The summed E-state index contributed by atoms with van der Waals surface area (Å²) in [7, 11) is 0. The van der Waals surface area contributed by atoms with Crippen LogP contribution >= 0.6 is 34.8 Å². The quantitative estimate of drug-likeness (QED) is 0.432. The highest BCUT2D eigenvalue weighted by Crippen LogP contribution is 2.31. The van der Waals surface area contributed by atoms with Crippen LogP contribution in [0, 0.1) is 0 Å². The van der Waals surface area contributed by atoms with Crippen molar-refractivity contribution in [3.63, 3.8) is 0 Å². The maximum absolute atomic E-state index is 12.6. The van der Waals surface area contributed by atoms with Crippen LogP contribution in [0.25, 0.3) is 10.8 Å². The van der Waals surface area contributed by atoms with Gasteiger partial charge in [0.1, 0.15) is 0 Å². The Kier molecular flexibility index (Phi) is 4.40. The maximum Gasteiger partial charge on any atom is 0.193 e. The Balaban J connectivity index is 2.20. The molecule has 2 nitrogen and oxygen atoms in total. The summed E-state index contributed by atoms with van der Waals surface area (Å²) in [5.74, 6) is -0.210. The molecule has 0 aliphatic carbocycles. The van der Waals surface area contributed by atoms with E-state index >= 15 is 0 Å². The molecule has 0 aromatic heterocycles. The van der Waals surface area contributed by atoms with Crippen LogP contribution in [0.5, 0.6) is 0 Å². The van der Waals surface area contributed by atoms with Crippen molar-refractivity contribution in [2.75, 3.05) is 0 Å². The number of aldehydes is 1. The lowest BCUT2D eigenvalue weighted by atomic mass is 9.96. The molecule has 3 rings (SSSR count). The zero-order chi connectivity index (χ0) is 16.6. The monoisotopic (exact) mass is 362 g/mol. The lowest BCUT2D eigenvalue weighted by molar-refractivity contribution is 0.103. The van der Waals surface area contributed by atoms with Gasteiger partial charge in [-0.2, -0.15) is 0 Å². The molecule has 23 heavy (non-hydrogen) atoms. The minimum atomic E-state index is -0.210. The summed E-state index contributed by atoms with van der Waals surface area (Å²) in [6.45, 7) is 0. The van der Waals surface area contributed by atoms with Crippen LogP contribution in [0.2, 0.25) is 15.1 Å². The molecular weight excluding hydrogens is 355 g/mol. The topological polar surface area (TPSA) is 34.1 Å². The summed E-state index contributed by atoms with van der Waals surface area (Å²) in [5.41, 5.74) is 1.23. The third kappa shape index (κ3) is 3.11. The van der Waals surface area contributed by atoms with E-state index in [2.05, 4.69) is 0 Å². The summed E-state index contributed by atoms with van der Waals surface area (Å²) < 4.78 is 0. The van der Waals surface area contributed by atoms with Gasteiger partial charge < -0.3 is 0 Å². The molecule has 0 saturated carbocycles. The third-order valence-corrected chi connectivity index (χ3v) is 4.29. The van der Waals surface area contributed by atoms with E-state index in [1.807, 2.05) is 0 Å².